The minimum absolute atomic E-state index is 0.0285. The zero-order valence-electron chi connectivity index (χ0n) is 14.0. The topological polar surface area (TPSA) is 74.3 Å². The van der Waals surface area contributed by atoms with Gasteiger partial charge in [0.2, 0.25) is 11.8 Å². The number of hydrazine groups is 1. The van der Waals surface area contributed by atoms with Gasteiger partial charge in [-0.15, -0.1) is 11.8 Å². The van der Waals surface area contributed by atoms with E-state index in [0.717, 1.165) is 15.8 Å². The fourth-order valence-electron chi connectivity index (χ4n) is 2.75. The van der Waals surface area contributed by atoms with Gasteiger partial charge in [-0.3, -0.25) is 14.6 Å². The lowest BCUT2D eigenvalue weighted by Crippen LogP contribution is -2.44. The predicted molar refractivity (Wildman–Crippen MR) is 110 cm³/mol. The Hall–Kier alpha value is -2.13. The van der Waals surface area contributed by atoms with Gasteiger partial charge < -0.3 is 5.32 Å². The van der Waals surface area contributed by atoms with Crippen LogP contribution in [-0.2, 0) is 9.59 Å². The molecule has 1 aliphatic rings. The first-order chi connectivity index (χ1) is 13.1. The van der Waals surface area contributed by atoms with Crippen LogP contribution >= 0.6 is 34.7 Å². The first-order valence-corrected chi connectivity index (χ1v) is 10.4. The van der Waals surface area contributed by atoms with Crippen molar-refractivity contribution in [3.63, 3.8) is 0 Å². The van der Waals surface area contributed by atoms with Gasteiger partial charge in [0.25, 0.3) is 0 Å². The summed E-state index contributed by atoms with van der Waals surface area (Å²) >= 11 is 8.96. The Morgan fingerprint density at radius 3 is 2.93 bits per heavy atom. The highest BCUT2D eigenvalue weighted by Crippen LogP contribution is 2.37. The van der Waals surface area contributed by atoms with Crippen molar-refractivity contribution < 1.29 is 9.59 Å². The van der Waals surface area contributed by atoms with E-state index in [0.29, 0.717) is 15.9 Å². The highest BCUT2D eigenvalue weighted by Gasteiger charge is 2.33. The Labute approximate surface area is 168 Å². The van der Waals surface area contributed by atoms with Crippen molar-refractivity contribution in [2.45, 2.75) is 5.37 Å². The van der Waals surface area contributed by atoms with Gasteiger partial charge in [-0.25, -0.2) is 10.4 Å². The van der Waals surface area contributed by atoms with E-state index in [1.807, 2.05) is 42.5 Å². The van der Waals surface area contributed by atoms with Gasteiger partial charge in [-0.05, 0) is 29.8 Å². The van der Waals surface area contributed by atoms with Crippen LogP contribution in [0.2, 0.25) is 5.02 Å². The second kappa shape index (κ2) is 7.85. The van der Waals surface area contributed by atoms with Crippen LogP contribution in [0.15, 0.2) is 48.5 Å². The molecular weight excluding hydrogens is 404 g/mol. The van der Waals surface area contributed by atoms with Crippen LogP contribution in [0.4, 0.5) is 5.13 Å². The number of nitrogens with one attached hydrogen (secondary N) is 2. The van der Waals surface area contributed by atoms with Crippen LogP contribution in [0.3, 0.4) is 0 Å². The zero-order valence-corrected chi connectivity index (χ0v) is 16.4. The second-order valence-corrected chi connectivity index (χ2v) is 8.39. The summed E-state index contributed by atoms with van der Waals surface area (Å²) in [6, 6.07) is 15.1. The summed E-state index contributed by atoms with van der Waals surface area (Å²) in [6.07, 6.45) is 0. The Bertz CT molecular complexity index is 977. The number of fused-ring (bicyclic) bond motifs is 1. The predicted octanol–water partition coefficient (Wildman–Crippen LogP) is 3.67. The molecule has 1 aromatic heterocycles. The van der Waals surface area contributed by atoms with Crippen molar-refractivity contribution >= 4 is 61.9 Å². The fraction of sp³-hybridized carbons (Fsp3) is 0.167. The summed E-state index contributed by atoms with van der Waals surface area (Å²) in [6.45, 7) is -0.0285. The average Bonchev–Trinajstić information content (AvgIpc) is 3.22. The molecule has 138 valence electrons. The average molecular weight is 419 g/mol. The van der Waals surface area contributed by atoms with Crippen LogP contribution < -0.4 is 10.7 Å². The molecular formula is C18H15ClN4O2S2. The summed E-state index contributed by atoms with van der Waals surface area (Å²) in [4.78, 5) is 28.9. The number of nitrogens with zero attached hydrogens (tertiary/aromatic N) is 2. The van der Waals surface area contributed by atoms with E-state index in [9.17, 15) is 9.59 Å². The Balaban J connectivity index is 1.40. The highest BCUT2D eigenvalue weighted by molar-refractivity contribution is 8.00. The van der Waals surface area contributed by atoms with E-state index in [4.69, 9.17) is 11.6 Å². The molecule has 2 N–H and O–H groups in total. The lowest BCUT2D eigenvalue weighted by atomic mass is 10.2. The quantitative estimate of drug-likeness (QED) is 0.661. The van der Waals surface area contributed by atoms with Crippen LogP contribution in [-0.4, -0.2) is 34.1 Å². The molecule has 9 heteroatoms. The third kappa shape index (κ3) is 4.08. The minimum atomic E-state index is -0.261. The maximum Gasteiger partial charge on any atom is 0.248 e. The van der Waals surface area contributed by atoms with Crippen molar-refractivity contribution in [1.82, 2.24) is 15.4 Å². The molecule has 1 saturated heterocycles. The van der Waals surface area contributed by atoms with Gasteiger partial charge in [-0.2, -0.15) is 0 Å². The van der Waals surface area contributed by atoms with E-state index >= 15 is 0 Å². The molecule has 1 aliphatic heterocycles. The molecule has 0 saturated carbocycles. The van der Waals surface area contributed by atoms with Crippen molar-refractivity contribution in [3.05, 3.63) is 59.1 Å². The number of amides is 2. The normalized spacial score (nSPS) is 16.9. The molecule has 6 nitrogen and oxygen atoms in total. The molecule has 3 aromatic rings. The summed E-state index contributed by atoms with van der Waals surface area (Å²) in [7, 11) is 0. The molecule has 0 spiro atoms. The fourth-order valence-corrected chi connectivity index (χ4v) is 4.95. The largest absolute Gasteiger partial charge is 0.301 e. The number of carbonyl (C=O) groups is 2. The number of hydrogen-bond acceptors (Lipinski definition) is 6. The van der Waals surface area contributed by atoms with Crippen molar-refractivity contribution in [2.24, 2.45) is 0 Å². The number of hydrogen-bond donors (Lipinski definition) is 2. The monoisotopic (exact) mass is 418 g/mol. The van der Waals surface area contributed by atoms with E-state index in [1.54, 1.807) is 6.07 Å². The second-order valence-electron chi connectivity index (χ2n) is 5.85. The van der Waals surface area contributed by atoms with Crippen molar-refractivity contribution in [2.75, 3.05) is 17.6 Å². The van der Waals surface area contributed by atoms with E-state index in [1.165, 1.54) is 28.1 Å². The zero-order chi connectivity index (χ0) is 18.8. The van der Waals surface area contributed by atoms with Crippen molar-refractivity contribution in [1.29, 1.82) is 0 Å². The smallest absolute Gasteiger partial charge is 0.248 e. The van der Waals surface area contributed by atoms with Gasteiger partial charge in [0.1, 0.15) is 5.37 Å². The van der Waals surface area contributed by atoms with Gasteiger partial charge in [0.15, 0.2) is 5.13 Å². The molecule has 2 aromatic carbocycles. The number of benzene rings is 2. The molecule has 1 unspecified atom stereocenters. The molecule has 27 heavy (non-hydrogen) atoms. The Morgan fingerprint density at radius 1 is 1.26 bits per heavy atom. The number of aromatic nitrogens is 1. The van der Waals surface area contributed by atoms with Gasteiger partial charge >= 0.3 is 0 Å². The van der Waals surface area contributed by atoms with E-state index < -0.39 is 0 Å². The van der Waals surface area contributed by atoms with E-state index in [-0.39, 0.29) is 23.7 Å². The summed E-state index contributed by atoms with van der Waals surface area (Å²) in [5, 5.41) is 5.20. The number of thioether (sulfide) groups is 1. The number of anilines is 1. The Kier molecular flexibility index (Phi) is 5.31. The first kappa shape index (κ1) is 18.2. The number of rotatable bonds is 5. The van der Waals surface area contributed by atoms with E-state index in [2.05, 4.69) is 15.7 Å². The molecule has 1 fully saturated rings. The van der Waals surface area contributed by atoms with Crippen LogP contribution in [0, 0.1) is 0 Å². The number of para-hydroxylation sites is 1. The summed E-state index contributed by atoms with van der Waals surface area (Å²) in [5.74, 6) is 0.0188. The molecule has 0 bridgehead atoms. The summed E-state index contributed by atoms with van der Waals surface area (Å²) < 4.78 is 1.01. The number of thiazole rings is 1. The minimum Gasteiger partial charge on any atom is -0.301 e. The van der Waals surface area contributed by atoms with Crippen LogP contribution in [0.5, 0.6) is 0 Å². The Morgan fingerprint density at radius 2 is 2.11 bits per heavy atom. The molecule has 2 heterocycles. The lowest BCUT2D eigenvalue weighted by Gasteiger charge is -2.24. The molecule has 0 aliphatic carbocycles. The van der Waals surface area contributed by atoms with Crippen LogP contribution in [0.1, 0.15) is 10.9 Å². The number of carbonyl (C=O) groups excluding carboxylic acids is 2. The third-order valence-corrected chi connectivity index (χ3v) is 6.35. The van der Waals surface area contributed by atoms with Gasteiger partial charge in [0, 0.05) is 5.02 Å². The molecule has 1 atom stereocenters. The highest BCUT2D eigenvalue weighted by atomic mass is 35.5. The maximum absolute atomic E-state index is 12.3. The molecule has 4 rings (SSSR count). The standard InChI is InChI=1S/C18H15ClN4O2S2/c19-12-5-3-4-11(8-12)17-23(16(25)10-26-17)20-9-15(24)22-18-21-13-6-1-2-7-14(13)27-18/h1-8,17,20H,9-10H2,(H,21,22,24). The summed E-state index contributed by atoms with van der Waals surface area (Å²) in [5.41, 5.74) is 4.70. The van der Waals surface area contributed by atoms with Crippen LogP contribution in [0.25, 0.3) is 10.2 Å². The SMILES string of the molecule is O=C(CNN1C(=O)CSC1c1cccc(Cl)c1)Nc1nc2ccccc2s1. The molecule has 2 amide bonds. The van der Waals surface area contributed by atoms with Crippen molar-refractivity contribution in [3.8, 4) is 0 Å². The van der Waals surface area contributed by atoms with Gasteiger partial charge in [0.05, 0.1) is 22.5 Å². The third-order valence-electron chi connectivity index (χ3n) is 3.95. The van der Waals surface area contributed by atoms with Gasteiger partial charge in [-0.1, -0.05) is 47.2 Å². The number of halogens is 1. The lowest BCUT2D eigenvalue weighted by molar-refractivity contribution is -0.131. The first-order valence-electron chi connectivity index (χ1n) is 8.18. The maximum atomic E-state index is 12.3. The molecule has 0 radical (unpaired) electrons.